The number of hydrogen-bond acceptors (Lipinski definition) is 9. The van der Waals surface area contributed by atoms with Crippen molar-refractivity contribution in [2.24, 2.45) is 0 Å². The van der Waals surface area contributed by atoms with Gasteiger partial charge in [-0.3, -0.25) is 4.79 Å². The molecule has 0 radical (unpaired) electrons. The van der Waals surface area contributed by atoms with Gasteiger partial charge in [0.2, 0.25) is 12.0 Å². The lowest BCUT2D eigenvalue weighted by Crippen LogP contribution is -2.38. The van der Waals surface area contributed by atoms with Crippen molar-refractivity contribution in [3.8, 4) is 11.7 Å². The zero-order chi connectivity index (χ0) is 24.8. The highest BCUT2D eigenvalue weighted by Crippen LogP contribution is 2.26. The molecule has 1 amide bonds. The summed E-state index contributed by atoms with van der Waals surface area (Å²) in [5.41, 5.74) is 1.39. The van der Waals surface area contributed by atoms with Crippen molar-refractivity contribution < 1.29 is 19.0 Å². The van der Waals surface area contributed by atoms with Crippen LogP contribution in [-0.4, -0.2) is 68.2 Å². The van der Waals surface area contributed by atoms with E-state index in [2.05, 4.69) is 30.4 Å². The number of rotatable bonds is 10. The highest BCUT2D eigenvalue weighted by molar-refractivity contribution is 6.32. The van der Waals surface area contributed by atoms with Gasteiger partial charge in [-0.05, 0) is 37.6 Å². The molecule has 0 aliphatic carbocycles. The van der Waals surface area contributed by atoms with Crippen LogP contribution in [0.4, 0.5) is 5.82 Å². The van der Waals surface area contributed by atoms with Gasteiger partial charge in [0.25, 0.3) is 5.91 Å². The largest absolute Gasteiger partial charge is 0.461 e. The number of aromatic nitrogens is 6. The Hall–Kier alpha value is -3.67. The molecule has 0 aliphatic rings. The predicted molar refractivity (Wildman–Crippen MR) is 129 cm³/mol. The quantitative estimate of drug-likeness (QED) is 0.351. The summed E-state index contributed by atoms with van der Waals surface area (Å²) in [5, 5.41) is 7.98. The Morgan fingerprint density at radius 2 is 2.00 bits per heavy atom. The molecule has 4 aromatic heterocycles. The molecular formula is C23H24ClN7O4. The van der Waals surface area contributed by atoms with Crippen LogP contribution in [0.15, 0.2) is 49.2 Å². The number of nitrogens with one attached hydrogen (secondary N) is 1. The van der Waals surface area contributed by atoms with Crippen molar-refractivity contribution in [3.05, 3.63) is 59.8 Å². The van der Waals surface area contributed by atoms with E-state index in [1.54, 1.807) is 37.7 Å². The lowest BCUT2D eigenvalue weighted by atomic mass is 10.3. The third-order valence-corrected chi connectivity index (χ3v) is 5.21. The average molecular weight is 498 g/mol. The maximum Gasteiger partial charge on any atom is 0.269 e. The van der Waals surface area contributed by atoms with Crippen molar-refractivity contribution in [1.29, 1.82) is 0 Å². The predicted octanol–water partition coefficient (Wildman–Crippen LogP) is 3.00. The Bertz CT molecular complexity index is 1300. The smallest absolute Gasteiger partial charge is 0.269 e. The number of methoxy groups -OCH3 is 1. The van der Waals surface area contributed by atoms with E-state index in [-0.39, 0.29) is 18.6 Å². The number of carbonyl (C=O) groups excluding carboxylic acids is 1. The molecule has 1 unspecified atom stereocenters. The van der Waals surface area contributed by atoms with Crippen molar-refractivity contribution >= 4 is 34.4 Å². The van der Waals surface area contributed by atoms with E-state index in [1.807, 2.05) is 19.9 Å². The number of hydrogen-bond donors (Lipinski definition) is 1. The zero-order valence-corrected chi connectivity index (χ0v) is 20.1. The van der Waals surface area contributed by atoms with Gasteiger partial charge in [0.15, 0.2) is 11.5 Å². The highest BCUT2D eigenvalue weighted by atomic mass is 35.5. The number of carbonyl (C=O) groups is 1. The first-order valence-electron chi connectivity index (χ1n) is 10.8. The molecule has 0 aromatic carbocycles. The molecule has 0 saturated heterocycles. The first-order chi connectivity index (χ1) is 17.0. The fraction of sp³-hybridized carbons (Fsp3) is 0.304. The summed E-state index contributed by atoms with van der Waals surface area (Å²) in [6.45, 7) is 4.06. The van der Waals surface area contributed by atoms with Crippen LogP contribution in [0.2, 0.25) is 5.02 Å². The van der Waals surface area contributed by atoms with E-state index in [0.29, 0.717) is 34.3 Å². The molecule has 182 valence electrons. The summed E-state index contributed by atoms with van der Waals surface area (Å²) in [7, 11) is 1.58. The van der Waals surface area contributed by atoms with Gasteiger partial charge in [0.1, 0.15) is 17.5 Å². The van der Waals surface area contributed by atoms with Crippen LogP contribution in [-0.2, 0) is 14.3 Å². The Labute approximate surface area is 206 Å². The van der Waals surface area contributed by atoms with E-state index in [9.17, 15) is 4.79 Å². The van der Waals surface area contributed by atoms with E-state index >= 15 is 0 Å². The Balaban J connectivity index is 1.61. The average Bonchev–Trinajstić information content (AvgIpc) is 3.28. The van der Waals surface area contributed by atoms with E-state index < -0.39 is 12.0 Å². The normalized spacial score (nSPS) is 12.9. The number of ether oxygens (including phenoxy) is 3. The van der Waals surface area contributed by atoms with Gasteiger partial charge in [-0.2, -0.15) is 9.78 Å². The van der Waals surface area contributed by atoms with Gasteiger partial charge in [-0.15, -0.1) is 0 Å². The SMILES string of the molecule is COCC(C)OC[C@H](Oc1ncnc2c1cnn2-c1ncccc1Cl)C(=O)Nc1ccc(C)cn1. The number of halogens is 1. The number of anilines is 1. The molecule has 0 bridgehead atoms. The molecule has 4 rings (SSSR count). The molecule has 0 spiro atoms. The van der Waals surface area contributed by atoms with Crippen LogP contribution >= 0.6 is 11.6 Å². The van der Waals surface area contributed by atoms with Crippen molar-refractivity contribution in [2.45, 2.75) is 26.1 Å². The van der Waals surface area contributed by atoms with Crippen LogP contribution in [0.25, 0.3) is 16.9 Å². The number of amides is 1. The van der Waals surface area contributed by atoms with Crippen LogP contribution in [0.1, 0.15) is 12.5 Å². The fourth-order valence-corrected chi connectivity index (χ4v) is 3.39. The fourth-order valence-electron chi connectivity index (χ4n) is 3.19. The van der Waals surface area contributed by atoms with Gasteiger partial charge in [0.05, 0.1) is 30.5 Å². The topological polar surface area (TPSA) is 126 Å². The lowest BCUT2D eigenvalue weighted by Gasteiger charge is -2.20. The zero-order valence-electron chi connectivity index (χ0n) is 19.4. The summed E-state index contributed by atoms with van der Waals surface area (Å²) in [6.07, 6.45) is 4.81. The minimum absolute atomic E-state index is 0.0477. The van der Waals surface area contributed by atoms with Crippen molar-refractivity contribution in [3.63, 3.8) is 0 Å². The van der Waals surface area contributed by atoms with E-state index in [1.165, 1.54) is 17.2 Å². The van der Waals surface area contributed by atoms with Crippen LogP contribution in [0.5, 0.6) is 5.88 Å². The van der Waals surface area contributed by atoms with Crippen LogP contribution in [0, 0.1) is 6.92 Å². The van der Waals surface area contributed by atoms with Gasteiger partial charge in [-0.1, -0.05) is 17.7 Å². The minimum Gasteiger partial charge on any atom is -0.461 e. The van der Waals surface area contributed by atoms with Gasteiger partial charge in [-0.25, -0.2) is 19.9 Å². The van der Waals surface area contributed by atoms with Crippen molar-refractivity contribution in [2.75, 3.05) is 25.6 Å². The lowest BCUT2D eigenvalue weighted by molar-refractivity contribution is -0.127. The van der Waals surface area contributed by atoms with Crippen molar-refractivity contribution in [1.82, 2.24) is 29.7 Å². The molecule has 4 heterocycles. The molecule has 0 fully saturated rings. The first-order valence-corrected chi connectivity index (χ1v) is 11.1. The Kier molecular flexibility index (Phi) is 7.80. The minimum atomic E-state index is -1.04. The molecule has 2 atom stereocenters. The maximum atomic E-state index is 13.1. The molecule has 11 nitrogen and oxygen atoms in total. The van der Waals surface area contributed by atoms with Crippen LogP contribution < -0.4 is 10.1 Å². The number of fused-ring (bicyclic) bond motifs is 1. The third-order valence-electron chi connectivity index (χ3n) is 4.91. The monoisotopic (exact) mass is 497 g/mol. The summed E-state index contributed by atoms with van der Waals surface area (Å²) in [4.78, 5) is 30.1. The second-order valence-corrected chi connectivity index (χ2v) is 8.10. The molecular weight excluding hydrogens is 474 g/mol. The van der Waals surface area contributed by atoms with E-state index in [0.717, 1.165) is 5.56 Å². The summed E-state index contributed by atoms with van der Waals surface area (Å²) in [5.74, 6) is 0.515. The molecule has 0 saturated carbocycles. The molecule has 0 aliphatic heterocycles. The highest BCUT2D eigenvalue weighted by Gasteiger charge is 2.25. The Morgan fingerprint density at radius 1 is 1.14 bits per heavy atom. The van der Waals surface area contributed by atoms with Crippen LogP contribution in [0.3, 0.4) is 0 Å². The second-order valence-electron chi connectivity index (χ2n) is 7.70. The summed E-state index contributed by atoms with van der Waals surface area (Å²) < 4.78 is 18.4. The number of nitrogens with zero attached hydrogens (tertiary/aromatic N) is 6. The molecule has 4 aromatic rings. The molecule has 1 N–H and O–H groups in total. The maximum absolute atomic E-state index is 13.1. The van der Waals surface area contributed by atoms with Gasteiger partial charge in [0, 0.05) is 19.5 Å². The number of pyridine rings is 2. The Morgan fingerprint density at radius 3 is 2.74 bits per heavy atom. The van der Waals surface area contributed by atoms with E-state index in [4.69, 9.17) is 25.8 Å². The first kappa shape index (κ1) is 24.5. The van der Waals surface area contributed by atoms with Gasteiger partial charge < -0.3 is 19.5 Å². The number of aryl methyl sites for hydroxylation is 1. The molecule has 35 heavy (non-hydrogen) atoms. The standard InChI is InChI=1S/C23H24ClN7O4/c1-14-6-7-19(26-9-14)30-22(32)18(12-34-15(2)11-33-3)35-23-16-10-29-31(20(16)27-13-28-23)21-17(24)5-4-8-25-21/h4-10,13,15,18H,11-12H2,1-3H3,(H,26,30,32)/t15?,18-/m0/s1. The molecule has 12 heteroatoms. The summed E-state index contributed by atoms with van der Waals surface area (Å²) in [6, 6.07) is 6.98. The third kappa shape index (κ3) is 5.88. The second kappa shape index (κ2) is 11.2. The summed E-state index contributed by atoms with van der Waals surface area (Å²) >= 11 is 6.28. The van der Waals surface area contributed by atoms with Gasteiger partial charge >= 0.3 is 0 Å².